The quantitative estimate of drug-likeness (QED) is 0.587. The predicted molar refractivity (Wildman–Crippen MR) is 80.7 cm³/mol. The van der Waals surface area contributed by atoms with Crippen molar-refractivity contribution in [2.75, 3.05) is 0 Å². The molecule has 2 rings (SSSR count). The van der Waals surface area contributed by atoms with E-state index in [9.17, 15) is 9.59 Å². The number of carbonyl (C=O) groups excluding carboxylic acids is 2. The average molecular weight is 285 g/mol. The van der Waals surface area contributed by atoms with E-state index in [0.29, 0.717) is 29.1 Å². The van der Waals surface area contributed by atoms with Crippen molar-refractivity contribution < 1.29 is 14.0 Å². The smallest absolute Gasteiger partial charge is 0.198 e. The normalized spacial score (nSPS) is 10.9. The van der Waals surface area contributed by atoms with Crippen LogP contribution in [0.3, 0.4) is 0 Å². The summed E-state index contributed by atoms with van der Waals surface area (Å²) in [7, 11) is 0. The second-order valence-electron chi connectivity index (χ2n) is 5.00. The van der Waals surface area contributed by atoms with Gasteiger partial charge in [0.2, 0.25) is 0 Å². The number of nitrogens with zero attached hydrogens (tertiary/aromatic N) is 1. The highest BCUT2D eigenvalue weighted by Gasteiger charge is 2.22. The van der Waals surface area contributed by atoms with Crippen LogP contribution in [0.15, 0.2) is 28.7 Å². The molecule has 4 nitrogen and oxygen atoms in total. The second-order valence-corrected chi connectivity index (χ2v) is 5.00. The molecule has 4 heteroatoms. The van der Waals surface area contributed by atoms with Gasteiger partial charge in [-0.25, -0.2) is 4.98 Å². The van der Waals surface area contributed by atoms with E-state index in [2.05, 4.69) is 18.8 Å². The monoisotopic (exact) mass is 285 g/mol. The number of hydrogen-bond donors (Lipinski definition) is 0. The van der Waals surface area contributed by atoms with Gasteiger partial charge < -0.3 is 4.42 Å². The molecule has 0 saturated carbocycles. The van der Waals surface area contributed by atoms with E-state index in [1.165, 1.54) is 6.92 Å². The lowest BCUT2D eigenvalue weighted by Gasteiger charge is -2.07. The van der Waals surface area contributed by atoms with Gasteiger partial charge >= 0.3 is 0 Å². The third kappa shape index (κ3) is 2.94. The number of aldehydes is 1. The van der Waals surface area contributed by atoms with Crippen LogP contribution in [0.4, 0.5) is 0 Å². The molecule has 0 aliphatic carbocycles. The summed E-state index contributed by atoms with van der Waals surface area (Å²) in [5.74, 6) is 1.07. The van der Waals surface area contributed by atoms with Gasteiger partial charge in [0.05, 0.1) is 0 Å². The van der Waals surface area contributed by atoms with E-state index in [-0.39, 0.29) is 17.4 Å². The highest BCUT2D eigenvalue weighted by atomic mass is 16.4. The average Bonchev–Trinajstić information content (AvgIpc) is 2.92. The SMILES string of the molecule is CCC(CC)c1nc(C=O)c(-c2ccccc2C(C)=O)o1. The van der Waals surface area contributed by atoms with Crippen LogP contribution in [0.5, 0.6) is 0 Å². The summed E-state index contributed by atoms with van der Waals surface area (Å²) in [6, 6.07) is 7.11. The number of rotatable bonds is 6. The number of Topliss-reactive ketones (excluding diaryl/α,β-unsaturated/α-hetero) is 1. The number of oxazole rings is 1. The highest BCUT2D eigenvalue weighted by molar-refractivity contribution is 6.01. The van der Waals surface area contributed by atoms with Crippen LogP contribution in [0.1, 0.15) is 66.3 Å². The van der Waals surface area contributed by atoms with Crippen LogP contribution in [-0.4, -0.2) is 17.1 Å². The lowest BCUT2D eigenvalue weighted by molar-refractivity contribution is 0.101. The van der Waals surface area contributed by atoms with E-state index in [1.54, 1.807) is 18.2 Å². The molecule has 0 aliphatic heterocycles. The zero-order valence-electron chi connectivity index (χ0n) is 12.6. The first-order valence-electron chi connectivity index (χ1n) is 7.18. The molecule has 21 heavy (non-hydrogen) atoms. The van der Waals surface area contributed by atoms with Crippen molar-refractivity contribution in [3.63, 3.8) is 0 Å². The van der Waals surface area contributed by atoms with Crippen LogP contribution in [-0.2, 0) is 0 Å². The number of carbonyl (C=O) groups is 2. The molecule has 1 aromatic heterocycles. The Balaban J connectivity index is 2.59. The zero-order chi connectivity index (χ0) is 15.4. The summed E-state index contributed by atoms with van der Waals surface area (Å²) in [5.41, 5.74) is 1.41. The molecule has 1 aromatic carbocycles. The summed E-state index contributed by atoms with van der Waals surface area (Å²) in [6.07, 6.45) is 2.47. The van der Waals surface area contributed by atoms with Crippen LogP contribution in [0, 0.1) is 0 Å². The van der Waals surface area contributed by atoms with Crippen LogP contribution in [0.2, 0.25) is 0 Å². The molecule has 0 fully saturated rings. The molecule has 0 amide bonds. The summed E-state index contributed by atoms with van der Waals surface area (Å²) in [5, 5.41) is 0. The molecule has 0 unspecified atom stereocenters. The predicted octanol–water partition coefficient (Wildman–Crippen LogP) is 4.26. The number of ketones is 1. The van der Waals surface area contributed by atoms with Gasteiger partial charge in [-0.2, -0.15) is 0 Å². The van der Waals surface area contributed by atoms with Crippen molar-refractivity contribution in [2.24, 2.45) is 0 Å². The Morgan fingerprint density at radius 1 is 1.29 bits per heavy atom. The largest absolute Gasteiger partial charge is 0.440 e. The molecule has 1 heterocycles. The highest BCUT2D eigenvalue weighted by Crippen LogP contribution is 2.32. The van der Waals surface area contributed by atoms with Crippen molar-refractivity contribution >= 4 is 12.1 Å². The Bertz CT molecular complexity index is 654. The van der Waals surface area contributed by atoms with Gasteiger partial charge in [-0.3, -0.25) is 9.59 Å². The van der Waals surface area contributed by atoms with Crippen LogP contribution < -0.4 is 0 Å². The molecule has 0 spiro atoms. The first-order valence-corrected chi connectivity index (χ1v) is 7.18. The van der Waals surface area contributed by atoms with Gasteiger partial charge in [-0.15, -0.1) is 0 Å². The zero-order valence-corrected chi connectivity index (χ0v) is 12.6. The van der Waals surface area contributed by atoms with Gasteiger partial charge in [0, 0.05) is 17.0 Å². The number of aromatic nitrogens is 1. The van der Waals surface area contributed by atoms with Crippen LogP contribution >= 0.6 is 0 Å². The van der Waals surface area contributed by atoms with E-state index in [0.717, 1.165) is 12.8 Å². The second kappa shape index (κ2) is 6.48. The molecular formula is C17H19NO3. The number of benzene rings is 1. The minimum absolute atomic E-state index is 0.0667. The van der Waals surface area contributed by atoms with Crippen molar-refractivity contribution in [1.29, 1.82) is 0 Å². The molecule has 2 aromatic rings. The fourth-order valence-electron chi connectivity index (χ4n) is 2.42. The fraction of sp³-hybridized carbons (Fsp3) is 0.353. The summed E-state index contributed by atoms with van der Waals surface area (Å²) in [6.45, 7) is 5.61. The van der Waals surface area contributed by atoms with Crippen LogP contribution in [0.25, 0.3) is 11.3 Å². The third-order valence-electron chi connectivity index (χ3n) is 3.67. The summed E-state index contributed by atoms with van der Waals surface area (Å²) in [4.78, 5) is 27.3. The van der Waals surface area contributed by atoms with Gasteiger partial charge in [0.1, 0.15) is 5.69 Å². The molecule has 0 bridgehead atoms. The third-order valence-corrected chi connectivity index (χ3v) is 3.67. The summed E-state index contributed by atoms with van der Waals surface area (Å²) >= 11 is 0. The maximum Gasteiger partial charge on any atom is 0.198 e. The van der Waals surface area contributed by atoms with Gasteiger partial charge in [-0.1, -0.05) is 38.1 Å². The maximum atomic E-state index is 11.7. The van der Waals surface area contributed by atoms with E-state index < -0.39 is 0 Å². The molecule has 0 aliphatic rings. The topological polar surface area (TPSA) is 60.2 Å². The molecule has 0 radical (unpaired) electrons. The molecule has 0 saturated heterocycles. The van der Waals surface area contributed by atoms with E-state index >= 15 is 0 Å². The van der Waals surface area contributed by atoms with Crippen molar-refractivity contribution in [2.45, 2.75) is 39.5 Å². The Kier molecular flexibility index (Phi) is 4.68. The summed E-state index contributed by atoms with van der Waals surface area (Å²) < 4.78 is 5.83. The maximum absolute atomic E-state index is 11.7. The molecular weight excluding hydrogens is 266 g/mol. The number of hydrogen-bond acceptors (Lipinski definition) is 4. The van der Waals surface area contributed by atoms with Crippen molar-refractivity contribution in [1.82, 2.24) is 4.98 Å². The van der Waals surface area contributed by atoms with Gasteiger partial charge in [0.25, 0.3) is 0 Å². The minimum Gasteiger partial charge on any atom is -0.440 e. The molecule has 110 valence electrons. The Morgan fingerprint density at radius 3 is 2.52 bits per heavy atom. The fourth-order valence-corrected chi connectivity index (χ4v) is 2.42. The standard InChI is InChI=1S/C17H19NO3/c1-4-12(5-2)17-18-15(10-19)16(21-17)14-9-7-6-8-13(14)11(3)20/h6-10,12H,4-5H2,1-3H3. The molecule has 0 N–H and O–H groups in total. The van der Waals surface area contributed by atoms with Gasteiger partial charge in [-0.05, 0) is 19.8 Å². The molecule has 0 atom stereocenters. The Morgan fingerprint density at radius 2 is 1.95 bits per heavy atom. The first kappa shape index (κ1) is 15.2. The lowest BCUT2D eigenvalue weighted by atomic mass is 10.0. The Hall–Kier alpha value is -2.23. The lowest BCUT2D eigenvalue weighted by Crippen LogP contribution is -1.96. The minimum atomic E-state index is -0.0667. The first-order chi connectivity index (χ1) is 10.1. The van der Waals surface area contributed by atoms with Crippen molar-refractivity contribution in [3.8, 4) is 11.3 Å². The van der Waals surface area contributed by atoms with E-state index in [1.807, 2.05) is 6.07 Å². The Labute approximate surface area is 124 Å². The van der Waals surface area contributed by atoms with Crippen molar-refractivity contribution in [3.05, 3.63) is 41.4 Å². The van der Waals surface area contributed by atoms with Gasteiger partial charge in [0.15, 0.2) is 23.7 Å². The van der Waals surface area contributed by atoms with E-state index in [4.69, 9.17) is 4.42 Å².